The topological polar surface area (TPSA) is 93.7 Å². The van der Waals surface area contributed by atoms with Crippen molar-refractivity contribution in [3.63, 3.8) is 0 Å². The number of rotatable bonds is 7. The number of para-hydroxylation sites is 2. The lowest BCUT2D eigenvalue weighted by molar-refractivity contribution is -0.131. The van der Waals surface area contributed by atoms with Gasteiger partial charge in [-0.15, -0.1) is 0 Å². The van der Waals surface area contributed by atoms with Crippen LogP contribution < -0.4 is 20.1 Å². The lowest BCUT2D eigenvalue weighted by Gasteiger charge is -2.13. The summed E-state index contributed by atoms with van der Waals surface area (Å²) in [4.78, 5) is 36.4. The smallest absolute Gasteiger partial charge is 0.308 e. The predicted molar refractivity (Wildman–Crippen MR) is 118 cm³/mol. The van der Waals surface area contributed by atoms with Crippen molar-refractivity contribution in [3.05, 3.63) is 83.9 Å². The maximum Gasteiger partial charge on any atom is 0.308 e. The highest BCUT2D eigenvalue weighted by Crippen LogP contribution is 2.24. The standard InChI is InChI=1S/C24H22N2O5/c1-3-30-19-13-11-17(12-14-19)23(28)25-21-9-4-5-10-22(21)26-24(29)18-7-6-8-20(15-18)31-16(2)27/h4-15H,3H2,1-2H3,(H,25,28)(H,26,29). The summed E-state index contributed by atoms with van der Waals surface area (Å²) in [6.45, 7) is 3.72. The highest BCUT2D eigenvalue weighted by molar-refractivity contribution is 6.10. The van der Waals surface area contributed by atoms with E-state index in [1.54, 1.807) is 66.7 Å². The summed E-state index contributed by atoms with van der Waals surface area (Å²) in [7, 11) is 0. The number of amides is 2. The Morgan fingerprint density at radius 1 is 0.742 bits per heavy atom. The third-order valence-corrected chi connectivity index (χ3v) is 4.21. The average Bonchev–Trinajstić information content (AvgIpc) is 2.75. The number of ether oxygens (including phenoxy) is 2. The van der Waals surface area contributed by atoms with Crippen molar-refractivity contribution in [3.8, 4) is 11.5 Å². The maximum atomic E-state index is 12.7. The van der Waals surface area contributed by atoms with Crippen LogP contribution in [0.2, 0.25) is 0 Å². The molecule has 0 aromatic heterocycles. The molecule has 0 saturated heterocycles. The first-order chi connectivity index (χ1) is 15.0. The van der Waals surface area contributed by atoms with Crippen LogP contribution in [-0.4, -0.2) is 24.4 Å². The number of hydrogen-bond donors (Lipinski definition) is 2. The molecule has 3 aromatic carbocycles. The van der Waals surface area contributed by atoms with Crippen molar-refractivity contribution in [2.24, 2.45) is 0 Å². The molecule has 158 valence electrons. The van der Waals surface area contributed by atoms with Gasteiger partial charge in [0.2, 0.25) is 0 Å². The fourth-order valence-corrected chi connectivity index (χ4v) is 2.83. The average molecular weight is 418 g/mol. The first-order valence-electron chi connectivity index (χ1n) is 9.69. The van der Waals surface area contributed by atoms with Crippen molar-refractivity contribution in [2.45, 2.75) is 13.8 Å². The second kappa shape index (κ2) is 10.1. The van der Waals surface area contributed by atoms with Gasteiger partial charge in [-0.1, -0.05) is 18.2 Å². The van der Waals surface area contributed by atoms with E-state index in [1.807, 2.05) is 6.92 Å². The summed E-state index contributed by atoms with van der Waals surface area (Å²) in [5, 5.41) is 5.58. The number of carbonyl (C=O) groups is 3. The van der Waals surface area contributed by atoms with Crippen molar-refractivity contribution < 1.29 is 23.9 Å². The van der Waals surface area contributed by atoms with Crippen molar-refractivity contribution in [2.75, 3.05) is 17.2 Å². The molecule has 2 amide bonds. The Kier molecular flexibility index (Phi) is 7.01. The Balaban J connectivity index is 1.73. The molecule has 0 saturated carbocycles. The first-order valence-corrected chi connectivity index (χ1v) is 9.69. The number of hydrogen-bond acceptors (Lipinski definition) is 5. The third kappa shape index (κ3) is 5.93. The van der Waals surface area contributed by atoms with Gasteiger partial charge in [0.25, 0.3) is 11.8 Å². The third-order valence-electron chi connectivity index (χ3n) is 4.21. The summed E-state index contributed by atoms with van der Waals surface area (Å²) in [6, 6.07) is 19.9. The number of esters is 1. The quantitative estimate of drug-likeness (QED) is 0.435. The van der Waals surface area contributed by atoms with Gasteiger partial charge in [0.1, 0.15) is 11.5 Å². The molecule has 3 aromatic rings. The second-order valence-corrected chi connectivity index (χ2v) is 6.53. The summed E-state index contributed by atoms with van der Waals surface area (Å²) < 4.78 is 10.4. The van der Waals surface area contributed by atoms with Crippen LogP contribution in [0.4, 0.5) is 11.4 Å². The number of nitrogens with one attached hydrogen (secondary N) is 2. The van der Waals surface area contributed by atoms with Crippen LogP contribution in [0.1, 0.15) is 34.6 Å². The highest BCUT2D eigenvalue weighted by Gasteiger charge is 2.13. The summed E-state index contributed by atoms with van der Waals surface area (Å²) in [5.74, 6) is -0.238. The van der Waals surface area contributed by atoms with Gasteiger partial charge in [-0.3, -0.25) is 14.4 Å². The highest BCUT2D eigenvalue weighted by atomic mass is 16.5. The molecule has 0 unspecified atom stereocenters. The summed E-state index contributed by atoms with van der Waals surface area (Å²) >= 11 is 0. The van der Waals surface area contributed by atoms with Gasteiger partial charge in [0, 0.05) is 18.1 Å². The van der Waals surface area contributed by atoms with Crippen LogP contribution >= 0.6 is 0 Å². The zero-order valence-electron chi connectivity index (χ0n) is 17.2. The molecule has 31 heavy (non-hydrogen) atoms. The molecule has 2 N–H and O–H groups in total. The largest absolute Gasteiger partial charge is 0.494 e. The minimum atomic E-state index is -0.472. The van der Waals surface area contributed by atoms with Crippen molar-refractivity contribution in [1.82, 2.24) is 0 Å². The van der Waals surface area contributed by atoms with E-state index in [4.69, 9.17) is 9.47 Å². The SMILES string of the molecule is CCOc1ccc(C(=O)Nc2ccccc2NC(=O)c2cccc(OC(C)=O)c2)cc1. The molecule has 0 bridgehead atoms. The van der Waals surface area contributed by atoms with Crippen LogP contribution in [0.3, 0.4) is 0 Å². The molecule has 0 aliphatic rings. The van der Waals surface area contributed by atoms with E-state index >= 15 is 0 Å². The Labute approximate surface area is 180 Å². The van der Waals surface area contributed by atoms with Gasteiger partial charge in [-0.05, 0) is 61.5 Å². The zero-order valence-corrected chi connectivity index (χ0v) is 17.2. The molecule has 7 heteroatoms. The molecule has 0 aliphatic heterocycles. The molecular formula is C24H22N2O5. The maximum absolute atomic E-state index is 12.7. The van der Waals surface area contributed by atoms with Gasteiger partial charge in [-0.25, -0.2) is 0 Å². The molecular weight excluding hydrogens is 396 g/mol. The Morgan fingerprint density at radius 3 is 1.94 bits per heavy atom. The Bertz CT molecular complexity index is 1090. The van der Waals surface area contributed by atoms with E-state index in [9.17, 15) is 14.4 Å². The molecule has 0 radical (unpaired) electrons. The fourth-order valence-electron chi connectivity index (χ4n) is 2.83. The Hall–Kier alpha value is -4.13. The molecule has 7 nitrogen and oxygen atoms in total. The van der Waals surface area contributed by atoms with Crippen LogP contribution in [0, 0.1) is 0 Å². The number of benzene rings is 3. The molecule has 0 atom stereocenters. The van der Waals surface area contributed by atoms with E-state index < -0.39 is 11.9 Å². The molecule has 0 aliphatic carbocycles. The zero-order chi connectivity index (χ0) is 22.2. The fraction of sp³-hybridized carbons (Fsp3) is 0.125. The van der Waals surface area contributed by atoms with Crippen molar-refractivity contribution >= 4 is 29.2 Å². The van der Waals surface area contributed by atoms with Gasteiger partial charge in [0.05, 0.1) is 18.0 Å². The van der Waals surface area contributed by atoms with Crippen LogP contribution in [0.25, 0.3) is 0 Å². The van der Waals surface area contributed by atoms with Gasteiger partial charge in [-0.2, -0.15) is 0 Å². The summed E-state index contributed by atoms with van der Waals surface area (Å²) in [5.41, 5.74) is 1.65. The van der Waals surface area contributed by atoms with Gasteiger partial charge in [0.15, 0.2) is 0 Å². The van der Waals surface area contributed by atoms with E-state index in [0.29, 0.717) is 34.9 Å². The normalized spacial score (nSPS) is 10.1. The van der Waals surface area contributed by atoms with E-state index in [-0.39, 0.29) is 11.7 Å². The predicted octanol–water partition coefficient (Wildman–Crippen LogP) is 4.52. The summed E-state index contributed by atoms with van der Waals surface area (Å²) in [6.07, 6.45) is 0. The second-order valence-electron chi connectivity index (χ2n) is 6.53. The van der Waals surface area contributed by atoms with Crippen LogP contribution in [0.15, 0.2) is 72.8 Å². The van der Waals surface area contributed by atoms with Crippen LogP contribution in [0.5, 0.6) is 11.5 Å². The number of anilines is 2. The van der Waals surface area contributed by atoms with Crippen molar-refractivity contribution in [1.29, 1.82) is 0 Å². The lowest BCUT2D eigenvalue weighted by Crippen LogP contribution is -2.17. The van der Waals surface area contributed by atoms with Gasteiger partial charge < -0.3 is 20.1 Å². The van der Waals surface area contributed by atoms with E-state index in [1.165, 1.54) is 13.0 Å². The lowest BCUT2D eigenvalue weighted by atomic mass is 10.1. The molecule has 0 spiro atoms. The minimum Gasteiger partial charge on any atom is -0.494 e. The van der Waals surface area contributed by atoms with E-state index in [0.717, 1.165) is 0 Å². The molecule has 3 rings (SSSR count). The molecule has 0 fully saturated rings. The van der Waals surface area contributed by atoms with Crippen LogP contribution in [-0.2, 0) is 4.79 Å². The van der Waals surface area contributed by atoms with E-state index in [2.05, 4.69) is 10.6 Å². The minimum absolute atomic E-state index is 0.275. The Morgan fingerprint density at radius 2 is 1.35 bits per heavy atom. The monoisotopic (exact) mass is 418 g/mol. The van der Waals surface area contributed by atoms with Gasteiger partial charge >= 0.3 is 5.97 Å². The number of carbonyl (C=O) groups excluding carboxylic acids is 3. The first kappa shape index (κ1) is 21.6. The molecule has 0 heterocycles.